The van der Waals surface area contributed by atoms with Gasteiger partial charge in [-0.15, -0.1) is 0 Å². The molecule has 17 heavy (non-hydrogen) atoms. The van der Waals surface area contributed by atoms with Gasteiger partial charge in [0.1, 0.15) is 0 Å². The Morgan fingerprint density at radius 3 is 2.12 bits per heavy atom. The number of halogens is 5. The molecule has 100 valence electrons. The minimum absolute atomic E-state index is 0.204. The van der Waals surface area contributed by atoms with Gasteiger partial charge in [0.05, 0.1) is 0 Å². The van der Waals surface area contributed by atoms with Crippen LogP contribution in [0.15, 0.2) is 12.2 Å². The second-order valence-electron chi connectivity index (χ2n) is 3.54. The third-order valence-electron chi connectivity index (χ3n) is 2.04. The average Bonchev–Trinajstić information content (AvgIpc) is 2.13. The highest BCUT2D eigenvalue weighted by molar-refractivity contribution is 5.79. The standard InChI is InChI=1S/C10H13F5O2/c11-9(12,10(13,14)15)7-5-3-1-2-4-6-8(16)17/h4,6H,1-3,5,7H2,(H,16,17)/b6-4+. The number of rotatable bonds is 7. The molecule has 0 amide bonds. The topological polar surface area (TPSA) is 37.3 Å². The summed E-state index contributed by atoms with van der Waals surface area (Å²) in [6.45, 7) is 0. The zero-order chi connectivity index (χ0) is 13.5. The first kappa shape index (κ1) is 15.9. The Balaban J connectivity index is 3.69. The first-order valence-electron chi connectivity index (χ1n) is 5.01. The van der Waals surface area contributed by atoms with Gasteiger partial charge in [-0.25, -0.2) is 4.79 Å². The van der Waals surface area contributed by atoms with Crippen molar-refractivity contribution >= 4 is 5.97 Å². The van der Waals surface area contributed by atoms with Gasteiger partial charge in [0.2, 0.25) is 0 Å². The van der Waals surface area contributed by atoms with Crippen LogP contribution in [0.5, 0.6) is 0 Å². The third-order valence-corrected chi connectivity index (χ3v) is 2.04. The van der Waals surface area contributed by atoms with E-state index in [4.69, 9.17) is 5.11 Å². The fourth-order valence-electron chi connectivity index (χ4n) is 1.11. The van der Waals surface area contributed by atoms with E-state index in [0.29, 0.717) is 12.8 Å². The monoisotopic (exact) mass is 260 g/mol. The summed E-state index contributed by atoms with van der Waals surface area (Å²) in [6.07, 6.45) is -3.77. The number of allylic oxidation sites excluding steroid dienone is 1. The Hall–Kier alpha value is -1.14. The van der Waals surface area contributed by atoms with E-state index >= 15 is 0 Å². The van der Waals surface area contributed by atoms with E-state index in [0.717, 1.165) is 6.08 Å². The quantitative estimate of drug-likeness (QED) is 0.429. The normalized spacial score (nSPS) is 13.2. The molecule has 0 aliphatic heterocycles. The molecule has 0 spiro atoms. The van der Waals surface area contributed by atoms with Crippen LogP contribution in [0, 0.1) is 0 Å². The lowest BCUT2D eigenvalue weighted by Gasteiger charge is -2.19. The number of hydrogen-bond acceptors (Lipinski definition) is 1. The number of unbranched alkanes of at least 4 members (excludes halogenated alkanes) is 3. The summed E-state index contributed by atoms with van der Waals surface area (Å²) in [5, 5.41) is 8.20. The van der Waals surface area contributed by atoms with Crippen LogP contribution in [0.3, 0.4) is 0 Å². The van der Waals surface area contributed by atoms with Crippen molar-refractivity contribution in [3.8, 4) is 0 Å². The van der Waals surface area contributed by atoms with Gasteiger partial charge in [0.25, 0.3) is 0 Å². The molecule has 0 saturated carbocycles. The summed E-state index contributed by atoms with van der Waals surface area (Å²) < 4.78 is 60.0. The van der Waals surface area contributed by atoms with Crippen molar-refractivity contribution in [3.63, 3.8) is 0 Å². The first-order valence-corrected chi connectivity index (χ1v) is 5.01. The molecule has 0 heterocycles. The molecule has 0 unspecified atom stereocenters. The Labute approximate surface area is 95.1 Å². The minimum atomic E-state index is -5.49. The van der Waals surface area contributed by atoms with Gasteiger partial charge in [-0.2, -0.15) is 22.0 Å². The molecule has 7 heteroatoms. The van der Waals surface area contributed by atoms with Crippen LogP contribution >= 0.6 is 0 Å². The average molecular weight is 260 g/mol. The highest BCUT2D eigenvalue weighted by Gasteiger charge is 2.56. The van der Waals surface area contributed by atoms with Crippen LogP contribution in [0.1, 0.15) is 32.1 Å². The molecule has 0 aromatic heterocycles. The minimum Gasteiger partial charge on any atom is -0.478 e. The van der Waals surface area contributed by atoms with E-state index < -0.39 is 24.5 Å². The van der Waals surface area contributed by atoms with Gasteiger partial charge < -0.3 is 5.11 Å². The Bertz CT molecular complexity index is 270. The number of carbonyl (C=O) groups is 1. The summed E-state index contributed by atoms with van der Waals surface area (Å²) in [6, 6.07) is 0. The van der Waals surface area contributed by atoms with Gasteiger partial charge in [0.15, 0.2) is 0 Å². The number of hydrogen-bond donors (Lipinski definition) is 1. The highest BCUT2D eigenvalue weighted by atomic mass is 19.4. The van der Waals surface area contributed by atoms with Crippen molar-refractivity contribution < 1.29 is 31.9 Å². The number of alkyl halides is 5. The van der Waals surface area contributed by atoms with E-state index in [1.165, 1.54) is 6.08 Å². The van der Waals surface area contributed by atoms with Crippen molar-refractivity contribution in [2.45, 2.75) is 44.2 Å². The molecule has 0 aromatic carbocycles. The van der Waals surface area contributed by atoms with Crippen molar-refractivity contribution in [2.24, 2.45) is 0 Å². The zero-order valence-electron chi connectivity index (χ0n) is 8.94. The molecule has 1 N–H and O–H groups in total. The SMILES string of the molecule is O=C(O)/C=C/CCCCCC(F)(F)C(F)(F)F. The molecule has 0 fully saturated rings. The summed E-state index contributed by atoms with van der Waals surface area (Å²) in [5.74, 6) is -5.75. The molecule has 0 bridgehead atoms. The van der Waals surface area contributed by atoms with E-state index in [1.54, 1.807) is 0 Å². The molecule has 0 aliphatic rings. The fraction of sp³-hybridized carbons (Fsp3) is 0.700. The van der Waals surface area contributed by atoms with Crippen LogP contribution < -0.4 is 0 Å². The Morgan fingerprint density at radius 1 is 1.06 bits per heavy atom. The molecular weight excluding hydrogens is 247 g/mol. The van der Waals surface area contributed by atoms with Crippen molar-refractivity contribution in [1.82, 2.24) is 0 Å². The molecule has 0 rings (SSSR count). The first-order chi connectivity index (χ1) is 7.67. The maximum atomic E-state index is 12.4. The number of carboxylic acid groups (broad SMARTS) is 1. The predicted octanol–water partition coefficient (Wildman–Crippen LogP) is 3.78. The van der Waals surface area contributed by atoms with E-state index in [9.17, 15) is 26.7 Å². The van der Waals surface area contributed by atoms with Gasteiger partial charge in [-0.3, -0.25) is 0 Å². The molecule has 0 saturated heterocycles. The predicted molar refractivity (Wildman–Crippen MR) is 50.9 cm³/mol. The molecule has 2 nitrogen and oxygen atoms in total. The highest BCUT2D eigenvalue weighted by Crippen LogP contribution is 2.39. The van der Waals surface area contributed by atoms with Crippen LogP contribution in [0.4, 0.5) is 22.0 Å². The molecule has 0 atom stereocenters. The maximum absolute atomic E-state index is 12.4. The summed E-state index contributed by atoms with van der Waals surface area (Å²) >= 11 is 0. The van der Waals surface area contributed by atoms with Gasteiger partial charge >= 0.3 is 18.1 Å². The summed E-state index contributed by atoms with van der Waals surface area (Å²) in [7, 11) is 0. The van der Waals surface area contributed by atoms with Crippen LogP contribution in [-0.4, -0.2) is 23.2 Å². The lowest BCUT2D eigenvalue weighted by Crippen LogP contribution is -2.36. The van der Waals surface area contributed by atoms with Crippen LogP contribution in [0.25, 0.3) is 0 Å². The van der Waals surface area contributed by atoms with E-state index in [2.05, 4.69) is 0 Å². The summed E-state index contributed by atoms with van der Waals surface area (Å²) in [4.78, 5) is 10.0. The molecule has 0 radical (unpaired) electrons. The molecule has 0 aromatic rings. The van der Waals surface area contributed by atoms with Crippen LogP contribution in [-0.2, 0) is 4.79 Å². The smallest absolute Gasteiger partial charge is 0.453 e. The third kappa shape index (κ3) is 6.91. The lowest BCUT2D eigenvalue weighted by molar-refractivity contribution is -0.284. The lowest BCUT2D eigenvalue weighted by atomic mass is 10.1. The van der Waals surface area contributed by atoms with E-state index in [-0.39, 0.29) is 12.8 Å². The fourth-order valence-corrected chi connectivity index (χ4v) is 1.11. The van der Waals surface area contributed by atoms with E-state index in [1.807, 2.05) is 0 Å². The maximum Gasteiger partial charge on any atom is 0.453 e. The van der Waals surface area contributed by atoms with Crippen molar-refractivity contribution in [1.29, 1.82) is 0 Å². The van der Waals surface area contributed by atoms with Crippen LogP contribution in [0.2, 0.25) is 0 Å². The largest absolute Gasteiger partial charge is 0.478 e. The van der Waals surface area contributed by atoms with Gasteiger partial charge in [0, 0.05) is 12.5 Å². The number of aliphatic carboxylic acids is 1. The Morgan fingerprint density at radius 2 is 1.65 bits per heavy atom. The van der Waals surface area contributed by atoms with Crippen molar-refractivity contribution in [2.75, 3.05) is 0 Å². The molecular formula is C10H13F5O2. The van der Waals surface area contributed by atoms with Gasteiger partial charge in [-0.05, 0) is 19.3 Å². The summed E-state index contributed by atoms with van der Waals surface area (Å²) in [5.41, 5.74) is 0. The zero-order valence-corrected chi connectivity index (χ0v) is 8.94. The van der Waals surface area contributed by atoms with Gasteiger partial charge in [-0.1, -0.05) is 12.5 Å². The number of carboxylic acids is 1. The second kappa shape index (κ2) is 6.56. The molecule has 0 aliphatic carbocycles. The van der Waals surface area contributed by atoms with Crippen molar-refractivity contribution in [3.05, 3.63) is 12.2 Å². The second-order valence-corrected chi connectivity index (χ2v) is 3.54. The Kier molecular flexibility index (Phi) is 6.12.